The first-order valence-electron chi connectivity index (χ1n) is 4.34. The van der Waals surface area contributed by atoms with E-state index in [9.17, 15) is 0 Å². The minimum atomic E-state index is -0.205. The molecule has 0 heterocycles. The Kier molecular flexibility index (Phi) is 3.38. The van der Waals surface area contributed by atoms with Crippen LogP contribution in [0.1, 0.15) is 24.0 Å². The first kappa shape index (κ1) is 10.9. The van der Waals surface area contributed by atoms with E-state index in [1.54, 1.807) is 13.2 Å². The number of nitrogens with zero attached hydrogens (tertiary/aromatic N) is 1. The van der Waals surface area contributed by atoms with E-state index in [-0.39, 0.29) is 5.92 Å². The smallest absolute Gasteiger partial charge is 0.142 e. The fourth-order valence-electron chi connectivity index (χ4n) is 1.48. The van der Waals surface area contributed by atoms with Crippen LogP contribution in [0, 0.1) is 18.3 Å². The molecule has 0 amide bonds. The zero-order valence-corrected chi connectivity index (χ0v) is 9.22. The summed E-state index contributed by atoms with van der Waals surface area (Å²) < 4.78 is 5.20. The van der Waals surface area contributed by atoms with Crippen molar-refractivity contribution >= 4 is 11.6 Å². The molecule has 0 radical (unpaired) electrons. The molecule has 0 spiro atoms. The van der Waals surface area contributed by atoms with Crippen molar-refractivity contribution in [2.45, 2.75) is 19.8 Å². The van der Waals surface area contributed by atoms with Gasteiger partial charge in [-0.25, -0.2) is 0 Å². The number of rotatable bonds is 2. The second kappa shape index (κ2) is 4.34. The molecule has 0 aliphatic heterocycles. The molecule has 0 fully saturated rings. The fraction of sp³-hybridized carbons (Fsp3) is 0.364. The predicted molar refractivity (Wildman–Crippen MR) is 56.8 cm³/mol. The second-order valence-electron chi connectivity index (χ2n) is 3.16. The molecule has 0 aliphatic carbocycles. The lowest BCUT2D eigenvalue weighted by Gasteiger charge is -2.14. The van der Waals surface area contributed by atoms with Gasteiger partial charge in [-0.05, 0) is 25.5 Å². The molecule has 14 heavy (non-hydrogen) atoms. The summed E-state index contributed by atoms with van der Waals surface area (Å²) in [5, 5.41) is 9.43. The van der Waals surface area contributed by atoms with Crippen molar-refractivity contribution in [3.05, 3.63) is 28.3 Å². The van der Waals surface area contributed by atoms with Gasteiger partial charge in [0.15, 0.2) is 0 Å². The SMILES string of the molecule is COc1c(Cl)ccc(C)c1C(C)C#N. The quantitative estimate of drug-likeness (QED) is 0.749. The normalized spacial score (nSPS) is 11.9. The molecule has 74 valence electrons. The highest BCUT2D eigenvalue weighted by Crippen LogP contribution is 2.35. The molecule has 1 aromatic carbocycles. The minimum Gasteiger partial charge on any atom is -0.495 e. The van der Waals surface area contributed by atoms with Gasteiger partial charge in [-0.15, -0.1) is 0 Å². The molecule has 3 heteroatoms. The van der Waals surface area contributed by atoms with Crippen LogP contribution in [0.25, 0.3) is 0 Å². The van der Waals surface area contributed by atoms with Gasteiger partial charge in [-0.2, -0.15) is 5.26 Å². The maximum Gasteiger partial charge on any atom is 0.142 e. The molecule has 0 aromatic heterocycles. The van der Waals surface area contributed by atoms with Crippen LogP contribution in [0.15, 0.2) is 12.1 Å². The molecule has 0 saturated heterocycles. The van der Waals surface area contributed by atoms with E-state index in [0.29, 0.717) is 10.8 Å². The largest absolute Gasteiger partial charge is 0.495 e. The second-order valence-corrected chi connectivity index (χ2v) is 3.57. The van der Waals surface area contributed by atoms with Crippen LogP contribution in [-0.4, -0.2) is 7.11 Å². The van der Waals surface area contributed by atoms with Crippen molar-refractivity contribution in [3.8, 4) is 11.8 Å². The number of nitriles is 1. The summed E-state index contributed by atoms with van der Waals surface area (Å²) in [5.41, 5.74) is 1.91. The van der Waals surface area contributed by atoms with Crippen LogP contribution in [0.2, 0.25) is 5.02 Å². The van der Waals surface area contributed by atoms with Crippen molar-refractivity contribution in [2.75, 3.05) is 7.11 Å². The summed E-state index contributed by atoms with van der Waals surface area (Å²) in [5.74, 6) is 0.407. The van der Waals surface area contributed by atoms with E-state index in [2.05, 4.69) is 6.07 Å². The number of aryl methyl sites for hydroxylation is 1. The maximum absolute atomic E-state index is 8.87. The summed E-state index contributed by atoms with van der Waals surface area (Å²) in [4.78, 5) is 0. The fourth-order valence-corrected chi connectivity index (χ4v) is 1.72. The summed E-state index contributed by atoms with van der Waals surface area (Å²) in [6.45, 7) is 3.78. The van der Waals surface area contributed by atoms with Crippen LogP contribution in [0.4, 0.5) is 0 Å². The third-order valence-corrected chi connectivity index (χ3v) is 2.49. The van der Waals surface area contributed by atoms with Crippen LogP contribution in [0.3, 0.4) is 0 Å². The Morgan fingerprint density at radius 2 is 2.14 bits per heavy atom. The molecule has 0 aliphatic rings. The van der Waals surface area contributed by atoms with Gasteiger partial charge in [0.1, 0.15) is 5.75 Å². The molecule has 0 N–H and O–H groups in total. The van der Waals surface area contributed by atoms with E-state index in [0.717, 1.165) is 11.1 Å². The molecule has 1 rings (SSSR count). The minimum absolute atomic E-state index is 0.205. The Balaban J connectivity index is 3.39. The number of benzene rings is 1. The number of hydrogen-bond acceptors (Lipinski definition) is 2. The van der Waals surface area contributed by atoms with Crippen LogP contribution >= 0.6 is 11.6 Å². The topological polar surface area (TPSA) is 33.0 Å². The van der Waals surface area contributed by atoms with Gasteiger partial charge in [-0.1, -0.05) is 17.7 Å². The van der Waals surface area contributed by atoms with E-state index in [1.807, 2.05) is 19.9 Å². The van der Waals surface area contributed by atoms with Gasteiger partial charge in [0.25, 0.3) is 0 Å². The molecular weight excluding hydrogens is 198 g/mol. The molecule has 1 atom stereocenters. The highest BCUT2D eigenvalue weighted by atomic mass is 35.5. The van der Waals surface area contributed by atoms with E-state index in [1.165, 1.54) is 0 Å². The number of hydrogen-bond donors (Lipinski definition) is 0. The average Bonchev–Trinajstić information content (AvgIpc) is 2.19. The number of halogens is 1. The van der Waals surface area contributed by atoms with Crippen LogP contribution in [0.5, 0.6) is 5.75 Å². The Bertz CT molecular complexity index is 382. The molecule has 0 saturated carbocycles. The monoisotopic (exact) mass is 209 g/mol. The van der Waals surface area contributed by atoms with E-state index >= 15 is 0 Å². The molecule has 1 unspecified atom stereocenters. The summed E-state index contributed by atoms with van der Waals surface area (Å²) in [6.07, 6.45) is 0. The van der Waals surface area contributed by atoms with Gasteiger partial charge >= 0.3 is 0 Å². The lowest BCUT2D eigenvalue weighted by Crippen LogP contribution is -1.99. The van der Waals surface area contributed by atoms with Gasteiger partial charge in [0.05, 0.1) is 24.1 Å². The molecular formula is C11H12ClNO. The van der Waals surface area contributed by atoms with Crippen molar-refractivity contribution in [1.29, 1.82) is 5.26 Å². The van der Waals surface area contributed by atoms with Crippen molar-refractivity contribution < 1.29 is 4.74 Å². The summed E-state index contributed by atoms with van der Waals surface area (Å²) in [7, 11) is 1.56. The molecule has 1 aromatic rings. The van der Waals surface area contributed by atoms with Gasteiger partial charge in [0, 0.05) is 5.56 Å². The maximum atomic E-state index is 8.87. The Labute approximate surface area is 89.1 Å². The Morgan fingerprint density at radius 1 is 1.50 bits per heavy atom. The van der Waals surface area contributed by atoms with Gasteiger partial charge in [-0.3, -0.25) is 0 Å². The highest BCUT2D eigenvalue weighted by Gasteiger charge is 2.16. The first-order chi connectivity index (χ1) is 6.61. The highest BCUT2D eigenvalue weighted by molar-refractivity contribution is 6.32. The Morgan fingerprint density at radius 3 is 2.64 bits per heavy atom. The van der Waals surface area contributed by atoms with E-state index < -0.39 is 0 Å². The van der Waals surface area contributed by atoms with Crippen LogP contribution in [-0.2, 0) is 0 Å². The van der Waals surface area contributed by atoms with Gasteiger partial charge in [0.2, 0.25) is 0 Å². The number of ether oxygens (including phenoxy) is 1. The average molecular weight is 210 g/mol. The zero-order valence-electron chi connectivity index (χ0n) is 8.47. The lowest BCUT2D eigenvalue weighted by atomic mass is 9.96. The van der Waals surface area contributed by atoms with Crippen molar-refractivity contribution in [2.24, 2.45) is 0 Å². The molecule has 2 nitrogen and oxygen atoms in total. The number of methoxy groups -OCH3 is 1. The van der Waals surface area contributed by atoms with E-state index in [4.69, 9.17) is 21.6 Å². The lowest BCUT2D eigenvalue weighted by molar-refractivity contribution is 0.408. The van der Waals surface area contributed by atoms with Gasteiger partial charge < -0.3 is 4.74 Å². The van der Waals surface area contributed by atoms with Crippen molar-refractivity contribution in [3.63, 3.8) is 0 Å². The zero-order chi connectivity index (χ0) is 10.7. The molecule has 0 bridgehead atoms. The summed E-state index contributed by atoms with van der Waals surface area (Å²) >= 11 is 5.97. The summed E-state index contributed by atoms with van der Waals surface area (Å²) in [6, 6.07) is 5.86. The Hall–Kier alpha value is -1.20. The first-order valence-corrected chi connectivity index (χ1v) is 4.72. The van der Waals surface area contributed by atoms with Crippen LogP contribution < -0.4 is 4.74 Å². The van der Waals surface area contributed by atoms with Crippen molar-refractivity contribution in [1.82, 2.24) is 0 Å². The third kappa shape index (κ3) is 1.83. The predicted octanol–water partition coefficient (Wildman–Crippen LogP) is 3.28. The standard InChI is InChI=1S/C11H12ClNO/c1-7-4-5-9(12)11(14-3)10(7)8(2)6-13/h4-5,8H,1-3H3. The third-order valence-electron chi connectivity index (χ3n) is 2.20.